The summed E-state index contributed by atoms with van der Waals surface area (Å²) >= 11 is 0. The molecule has 0 N–H and O–H groups in total. The van der Waals surface area contributed by atoms with Crippen molar-refractivity contribution in [2.24, 2.45) is 46.3 Å². The third-order valence-corrected chi connectivity index (χ3v) is 14.6. The van der Waals surface area contributed by atoms with E-state index in [2.05, 4.69) is 13.8 Å². The lowest BCUT2D eigenvalue weighted by molar-refractivity contribution is -0.179. The van der Waals surface area contributed by atoms with Crippen LogP contribution in [0.2, 0.25) is 0 Å². The molecule has 5 aliphatic rings. The Balaban J connectivity index is 0.972. The SMILES string of the molecule is CCCCCCCCC1CCC(C2CCC3(CC2)C(=O)C2(CCC(C4CCC(CCCCCCCC)CC4)CC2)C3=O)CC1. The fourth-order valence-electron chi connectivity index (χ4n) is 11.5. The van der Waals surface area contributed by atoms with Gasteiger partial charge in [-0.1, -0.05) is 129 Å². The maximum Gasteiger partial charge on any atom is 0.159 e. The van der Waals surface area contributed by atoms with E-state index < -0.39 is 10.8 Å². The van der Waals surface area contributed by atoms with E-state index in [0.29, 0.717) is 11.6 Å². The summed E-state index contributed by atoms with van der Waals surface area (Å²) in [5.41, 5.74) is -1.10. The van der Waals surface area contributed by atoms with Crippen LogP contribution in [0.15, 0.2) is 0 Å². The molecule has 252 valence electrons. The highest BCUT2D eigenvalue weighted by molar-refractivity contribution is 6.30. The van der Waals surface area contributed by atoms with Crippen LogP contribution in [0.1, 0.15) is 206 Å². The zero-order chi connectivity index (χ0) is 30.8. The molecule has 2 nitrogen and oxygen atoms in total. The second-order valence-electron chi connectivity index (χ2n) is 17.2. The van der Waals surface area contributed by atoms with Gasteiger partial charge in [-0.2, -0.15) is 0 Å². The molecule has 2 spiro atoms. The first-order chi connectivity index (χ1) is 21.5. The number of carbonyl (C=O) groups excluding carboxylic acids is 2. The van der Waals surface area contributed by atoms with Crippen molar-refractivity contribution in [1.29, 1.82) is 0 Å². The number of Topliss-reactive ketones (excluding diaryl/α,β-unsaturated/α-hetero) is 2. The largest absolute Gasteiger partial charge is 0.297 e. The van der Waals surface area contributed by atoms with Crippen LogP contribution in [-0.4, -0.2) is 11.6 Å². The van der Waals surface area contributed by atoms with E-state index in [1.165, 1.54) is 141 Å². The molecule has 44 heavy (non-hydrogen) atoms. The van der Waals surface area contributed by atoms with Gasteiger partial charge in [-0.15, -0.1) is 0 Å². The molecule has 0 radical (unpaired) electrons. The molecule has 2 heteroatoms. The Morgan fingerprint density at radius 1 is 0.409 bits per heavy atom. The molecule has 0 heterocycles. The summed E-state index contributed by atoms with van der Waals surface area (Å²) in [6, 6.07) is 0. The average Bonchev–Trinajstić information content (AvgIpc) is 3.08. The lowest BCUT2D eigenvalue weighted by Gasteiger charge is -2.58. The Hall–Kier alpha value is -0.660. The maximum atomic E-state index is 13.9. The molecular formula is C42H72O2. The van der Waals surface area contributed by atoms with Crippen molar-refractivity contribution in [2.45, 2.75) is 206 Å². The van der Waals surface area contributed by atoms with Crippen LogP contribution in [-0.2, 0) is 9.59 Å². The van der Waals surface area contributed by atoms with Gasteiger partial charge in [-0.25, -0.2) is 0 Å². The first-order valence-electron chi connectivity index (χ1n) is 20.6. The van der Waals surface area contributed by atoms with Crippen molar-refractivity contribution in [3.05, 3.63) is 0 Å². The smallest absolute Gasteiger partial charge is 0.159 e. The third kappa shape index (κ3) is 8.06. The van der Waals surface area contributed by atoms with Gasteiger partial charge in [0.1, 0.15) is 0 Å². The highest BCUT2D eigenvalue weighted by Crippen LogP contribution is 2.63. The standard InChI is InChI=1S/C42H72O2/c1-3-5-7-9-11-13-15-33-17-21-35(22-18-33)37-25-29-41(30-26-37)39(43)42(40(41)44)31-27-38(28-32-42)36-23-19-34(20-24-36)16-14-12-10-8-6-4-2/h33-38H,3-32H2,1-2H3. The van der Waals surface area contributed by atoms with Gasteiger partial charge in [-0.3, -0.25) is 9.59 Å². The Morgan fingerprint density at radius 3 is 1.05 bits per heavy atom. The summed E-state index contributed by atoms with van der Waals surface area (Å²) in [5, 5.41) is 0. The number of hydrogen-bond donors (Lipinski definition) is 0. The van der Waals surface area contributed by atoms with Crippen LogP contribution in [0.25, 0.3) is 0 Å². The number of hydrogen-bond acceptors (Lipinski definition) is 2. The molecule has 5 rings (SSSR count). The van der Waals surface area contributed by atoms with E-state index in [9.17, 15) is 9.59 Å². The topological polar surface area (TPSA) is 34.1 Å². The van der Waals surface area contributed by atoms with Gasteiger partial charge in [0.15, 0.2) is 11.6 Å². The van der Waals surface area contributed by atoms with Crippen molar-refractivity contribution in [1.82, 2.24) is 0 Å². The lowest BCUT2D eigenvalue weighted by atomic mass is 9.41. The molecule has 0 aliphatic heterocycles. The van der Waals surface area contributed by atoms with Gasteiger partial charge >= 0.3 is 0 Å². The van der Waals surface area contributed by atoms with Crippen LogP contribution in [0.4, 0.5) is 0 Å². The van der Waals surface area contributed by atoms with Crippen molar-refractivity contribution in [3.8, 4) is 0 Å². The molecular weight excluding hydrogens is 536 g/mol. The summed E-state index contributed by atoms with van der Waals surface area (Å²) in [6.45, 7) is 4.60. The molecule has 0 atom stereocenters. The van der Waals surface area contributed by atoms with Crippen LogP contribution in [0.3, 0.4) is 0 Å². The molecule has 5 saturated carbocycles. The number of unbranched alkanes of at least 4 members (excludes halogenated alkanes) is 10. The monoisotopic (exact) mass is 609 g/mol. The molecule has 5 aliphatic carbocycles. The summed E-state index contributed by atoms with van der Waals surface area (Å²) in [4.78, 5) is 27.8. The predicted molar refractivity (Wildman–Crippen MR) is 186 cm³/mol. The van der Waals surface area contributed by atoms with Gasteiger partial charge in [0.2, 0.25) is 0 Å². The predicted octanol–water partition coefficient (Wildman–Crippen LogP) is 12.6. The van der Waals surface area contributed by atoms with Crippen LogP contribution >= 0.6 is 0 Å². The summed E-state index contributed by atoms with van der Waals surface area (Å²) in [6.07, 6.45) is 39.4. The fraction of sp³-hybridized carbons (Fsp3) is 0.952. The second kappa shape index (κ2) is 16.9. The van der Waals surface area contributed by atoms with E-state index in [1.54, 1.807) is 0 Å². The van der Waals surface area contributed by atoms with Gasteiger partial charge in [0, 0.05) is 0 Å². The molecule has 0 bridgehead atoms. The number of ketones is 2. The van der Waals surface area contributed by atoms with Crippen LogP contribution in [0, 0.1) is 46.3 Å². The Labute approximate surface area is 273 Å². The minimum absolute atomic E-state index is 0.414. The van der Waals surface area contributed by atoms with Crippen molar-refractivity contribution in [3.63, 3.8) is 0 Å². The van der Waals surface area contributed by atoms with Gasteiger partial charge in [0.05, 0.1) is 10.8 Å². The van der Waals surface area contributed by atoms with Gasteiger partial charge in [0.25, 0.3) is 0 Å². The minimum atomic E-state index is -0.549. The van der Waals surface area contributed by atoms with Crippen LogP contribution < -0.4 is 0 Å². The van der Waals surface area contributed by atoms with E-state index in [0.717, 1.165) is 86.9 Å². The first kappa shape index (κ1) is 34.7. The Kier molecular flexibility index (Phi) is 13.4. The van der Waals surface area contributed by atoms with E-state index in [4.69, 9.17) is 0 Å². The first-order valence-corrected chi connectivity index (χ1v) is 20.6. The molecule has 0 aromatic heterocycles. The lowest BCUT2D eigenvalue weighted by Crippen LogP contribution is -2.68. The molecule has 0 saturated heterocycles. The molecule has 5 fully saturated rings. The van der Waals surface area contributed by atoms with Crippen molar-refractivity contribution >= 4 is 11.6 Å². The van der Waals surface area contributed by atoms with Crippen LogP contribution in [0.5, 0.6) is 0 Å². The van der Waals surface area contributed by atoms with Gasteiger partial charge in [-0.05, 0) is 113 Å². The number of rotatable bonds is 16. The summed E-state index contributed by atoms with van der Waals surface area (Å²) in [7, 11) is 0. The summed E-state index contributed by atoms with van der Waals surface area (Å²) < 4.78 is 0. The van der Waals surface area contributed by atoms with Crippen molar-refractivity contribution in [2.75, 3.05) is 0 Å². The normalized spacial score (nSPS) is 37.9. The van der Waals surface area contributed by atoms with Crippen molar-refractivity contribution < 1.29 is 9.59 Å². The highest BCUT2D eigenvalue weighted by atomic mass is 16.2. The highest BCUT2D eigenvalue weighted by Gasteiger charge is 2.71. The minimum Gasteiger partial charge on any atom is -0.297 e. The Morgan fingerprint density at radius 2 is 0.705 bits per heavy atom. The average molecular weight is 609 g/mol. The zero-order valence-corrected chi connectivity index (χ0v) is 29.5. The van der Waals surface area contributed by atoms with Gasteiger partial charge < -0.3 is 0 Å². The molecule has 0 aromatic carbocycles. The zero-order valence-electron chi connectivity index (χ0n) is 29.5. The maximum absolute atomic E-state index is 13.9. The molecule has 0 amide bonds. The summed E-state index contributed by atoms with van der Waals surface area (Å²) in [5.74, 6) is 6.05. The van der Waals surface area contributed by atoms with E-state index in [-0.39, 0.29) is 0 Å². The molecule has 0 aromatic rings. The molecule has 0 unspecified atom stereocenters. The second-order valence-corrected chi connectivity index (χ2v) is 17.2. The van der Waals surface area contributed by atoms with E-state index >= 15 is 0 Å². The number of carbonyl (C=O) groups is 2. The fourth-order valence-corrected chi connectivity index (χ4v) is 11.5. The third-order valence-electron chi connectivity index (χ3n) is 14.6. The Bertz CT molecular complexity index is 768. The van der Waals surface area contributed by atoms with E-state index in [1.807, 2.05) is 0 Å². The quantitative estimate of drug-likeness (QED) is 0.129.